The monoisotopic (exact) mass is 364 g/mol. The molecule has 0 unspecified atom stereocenters. The van der Waals surface area contributed by atoms with Gasteiger partial charge in [0.2, 0.25) is 11.8 Å². The number of para-hydroxylation sites is 1. The van der Waals surface area contributed by atoms with E-state index >= 15 is 0 Å². The molecule has 0 radical (unpaired) electrons. The average molecular weight is 364 g/mol. The minimum Gasteiger partial charge on any atom is -0.355 e. The van der Waals surface area contributed by atoms with Gasteiger partial charge in [-0.25, -0.2) is 5.48 Å². The average Bonchev–Trinajstić information content (AvgIpc) is 2.67. The number of hydroxylamine groups is 1. The maximum atomic E-state index is 11.8. The molecule has 7 nitrogen and oxygen atoms in total. The summed E-state index contributed by atoms with van der Waals surface area (Å²) in [7, 11) is 0. The van der Waals surface area contributed by atoms with E-state index in [-0.39, 0.29) is 18.7 Å². The van der Waals surface area contributed by atoms with Crippen LogP contribution < -0.4 is 16.1 Å². The van der Waals surface area contributed by atoms with Crippen LogP contribution in [0, 0.1) is 6.92 Å². The second-order valence-corrected chi connectivity index (χ2v) is 6.11. The van der Waals surface area contributed by atoms with Crippen LogP contribution in [0.4, 0.5) is 17.1 Å². The highest BCUT2D eigenvalue weighted by Gasteiger charge is 2.07. The van der Waals surface area contributed by atoms with Crippen LogP contribution in [0.3, 0.4) is 0 Å². The fourth-order valence-electron chi connectivity index (χ4n) is 2.71. The van der Waals surface area contributed by atoms with E-state index in [1.54, 1.807) is 12.1 Å². The van der Waals surface area contributed by atoms with Gasteiger partial charge in [0.05, 0.1) is 5.52 Å². The number of hydrogen-bond acceptors (Lipinski definition) is 5. The Kier molecular flexibility index (Phi) is 5.63. The zero-order chi connectivity index (χ0) is 19.2. The van der Waals surface area contributed by atoms with Crippen LogP contribution in [0.5, 0.6) is 0 Å². The molecule has 0 aliphatic heterocycles. The van der Waals surface area contributed by atoms with Crippen molar-refractivity contribution in [2.45, 2.75) is 19.8 Å². The molecule has 1 aromatic heterocycles. The molecule has 0 atom stereocenters. The Morgan fingerprint density at radius 1 is 0.963 bits per heavy atom. The van der Waals surface area contributed by atoms with Crippen LogP contribution in [0.25, 0.3) is 10.9 Å². The van der Waals surface area contributed by atoms with Gasteiger partial charge >= 0.3 is 0 Å². The normalized spacial score (nSPS) is 10.4. The van der Waals surface area contributed by atoms with Crippen molar-refractivity contribution < 1.29 is 14.8 Å². The molecule has 0 saturated heterocycles. The number of carbonyl (C=O) groups is 2. The number of carbonyl (C=O) groups excluding carboxylic acids is 2. The van der Waals surface area contributed by atoms with Crippen molar-refractivity contribution in [3.05, 3.63) is 60.3 Å². The van der Waals surface area contributed by atoms with Crippen LogP contribution in [0.2, 0.25) is 0 Å². The Bertz CT molecular complexity index is 971. The topological polar surface area (TPSA) is 103 Å². The lowest BCUT2D eigenvalue weighted by atomic mass is 10.1. The molecule has 2 amide bonds. The van der Waals surface area contributed by atoms with E-state index in [4.69, 9.17) is 5.21 Å². The van der Waals surface area contributed by atoms with Gasteiger partial charge in [-0.3, -0.25) is 19.8 Å². The van der Waals surface area contributed by atoms with Crippen molar-refractivity contribution in [3.63, 3.8) is 0 Å². The SMILES string of the molecule is Cc1cc(Nc2ccc(NC(=O)CCC(=O)NO)cc2)c2ccccc2n1. The van der Waals surface area contributed by atoms with Crippen molar-refractivity contribution in [3.8, 4) is 0 Å². The van der Waals surface area contributed by atoms with Gasteiger partial charge in [0, 0.05) is 41.0 Å². The molecular formula is C20H20N4O3. The molecule has 138 valence electrons. The Morgan fingerprint density at radius 3 is 2.37 bits per heavy atom. The Morgan fingerprint density at radius 2 is 1.63 bits per heavy atom. The summed E-state index contributed by atoms with van der Waals surface area (Å²) >= 11 is 0. The molecule has 0 spiro atoms. The third-order valence-corrected chi connectivity index (χ3v) is 4.00. The van der Waals surface area contributed by atoms with Gasteiger partial charge in [-0.15, -0.1) is 0 Å². The molecule has 0 bridgehead atoms. The van der Waals surface area contributed by atoms with Gasteiger partial charge in [0.15, 0.2) is 0 Å². The second-order valence-electron chi connectivity index (χ2n) is 6.11. The minimum absolute atomic E-state index is 0.00528. The number of pyridine rings is 1. The number of hydrogen-bond donors (Lipinski definition) is 4. The number of anilines is 3. The molecule has 0 saturated carbocycles. The zero-order valence-corrected chi connectivity index (χ0v) is 14.8. The van der Waals surface area contributed by atoms with Gasteiger partial charge in [0.1, 0.15) is 0 Å². The maximum absolute atomic E-state index is 11.8. The van der Waals surface area contributed by atoms with E-state index in [1.807, 2.05) is 49.4 Å². The predicted octanol–water partition coefficient (Wildman–Crippen LogP) is 3.51. The zero-order valence-electron chi connectivity index (χ0n) is 14.8. The number of rotatable bonds is 6. The van der Waals surface area contributed by atoms with Gasteiger partial charge < -0.3 is 10.6 Å². The summed E-state index contributed by atoms with van der Waals surface area (Å²) < 4.78 is 0. The highest BCUT2D eigenvalue weighted by atomic mass is 16.5. The largest absolute Gasteiger partial charge is 0.355 e. The van der Waals surface area contributed by atoms with Crippen molar-refractivity contribution in [1.29, 1.82) is 0 Å². The van der Waals surface area contributed by atoms with E-state index in [0.717, 1.165) is 28.0 Å². The molecule has 2 aromatic carbocycles. The molecule has 27 heavy (non-hydrogen) atoms. The highest BCUT2D eigenvalue weighted by Crippen LogP contribution is 2.27. The predicted molar refractivity (Wildman–Crippen MR) is 104 cm³/mol. The Hall–Kier alpha value is -3.45. The van der Waals surface area contributed by atoms with Crippen molar-refractivity contribution in [1.82, 2.24) is 10.5 Å². The molecule has 3 rings (SSSR count). The van der Waals surface area contributed by atoms with Crippen LogP contribution >= 0.6 is 0 Å². The lowest BCUT2D eigenvalue weighted by Gasteiger charge is -2.12. The highest BCUT2D eigenvalue weighted by molar-refractivity contribution is 5.94. The number of amides is 2. The fraction of sp³-hybridized carbons (Fsp3) is 0.150. The summed E-state index contributed by atoms with van der Waals surface area (Å²) in [6.07, 6.45) is -0.0783. The quantitative estimate of drug-likeness (QED) is 0.396. The first-order valence-electron chi connectivity index (χ1n) is 8.51. The number of aryl methyl sites for hydroxylation is 1. The summed E-state index contributed by atoms with van der Waals surface area (Å²) in [4.78, 5) is 27.3. The summed E-state index contributed by atoms with van der Waals surface area (Å²) in [6.45, 7) is 1.95. The second kappa shape index (κ2) is 8.29. The number of fused-ring (bicyclic) bond motifs is 1. The number of nitrogens with one attached hydrogen (secondary N) is 3. The lowest BCUT2D eigenvalue weighted by molar-refractivity contribution is -0.131. The van der Waals surface area contributed by atoms with E-state index in [2.05, 4.69) is 15.6 Å². The fourth-order valence-corrected chi connectivity index (χ4v) is 2.71. The van der Waals surface area contributed by atoms with Crippen molar-refractivity contribution in [2.75, 3.05) is 10.6 Å². The van der Waals surface area contributed by atoms with Gasteiger partial charge in [-0.1, -0.05) is 18.2 Å². The lowest BCUT2D eigenvalue weighted by Crippen LogP contribution is -2.21. The van der Waals surface area contributed by atoms with Crippen molar-refractivity contribution in [2.24, 2.45) is 0 Å². The van der Waals surface area contributed by atoms with Crippen LogP contribution in [-0.2, 0) is 9.59 Å². The smallest absolute Gasteiger partial charge is 0.243 e. The maximum Gasteiger partial charge on any atom is 0.243 e. The molecule has 7 heteroatoms. The Labute approximate surface area is 156 Å². The molecule has 3 aromatic rings. The molecular weight excluding hydrogens is 344 g/mol. The van der Waals surface area contributed by atoms with Crippen LogP contribution in [0.1, 0.15) is 18.5 Å². The molecule has 0 aliphatic rings. The van der Waals surface area contributed by atoms with Crippen molar-refractivity contribution >= 4 is 39.8 Å². The Balaban J connectivity index is 1.68. The standard InChI is InChI=1S/C20H20N4O3/c1-13-12-18(16-4-2-3-5-17(16)21-13)22-14-6-8-15(9-7-14)23-19(25)10-11-20(26)24-27/h2-9,12,27H,10-11H2,1H3,(H,21,22)(H,23,25)(H,24,26). The molecule has 1 heterocycles. The summed E-state index contributed by atoms with van der Waals surface area (Å²) in [5.74, 6) is -0.889. The minimum atomic E-state index is -0.593. The summed E-state index contributed by atoms with van der Waals surface area (Å²) in [5, 5.41) is 15.6. The first-order chi connectivity index (χ1) is 13.0. The number of benzene rings is 2. The van der Waals surface area contributed by atoms with Gasteiger partial charge in [-0.2, -0.15) is 0 Å². The van der Waals surface area contributed by atoms with E-state index in [9.17, 15) is 9.59 Å². The summed E-state index contributed by atoms with van der Waals surface area (Å²) in [6, 6.07) is 17.2. The van der Waals surface area contributed by atoms with E-state index in [1.165, 1.54) is 5.48 Å². The third-order valence-electron chi connectivity index (χ3n) is 4.00. The molecule has 0 fully saturated rings. The van der Waals surface area contributed by atoms with E-state index in [0.29, 0.717) is 5.69 Å². The van der Waals surface area contributed by atoms with Gasteiger partial charge in [-0.05, 0) is 43.3 Å². The number of aromatic nitrogens is 1. The number of nitrogens with zero attached hydrogens (tertiary/aromatic N) is 1. The first-order valence-corrected chi connectivity index (χ1v) is 8.51. The van der Waals surface area contributed by atoms with Gasteiger partial charge in [0.25, 0.3) is 0 Å². The molecule has 4 N–H and O–H groups in total. The van der Waals surface area contributed by atoms with Crippen LogP contribution in [0.15, 0.2) is 54.6 Å². The summed E-state index contributed by atoms with van der Waals surface area (Å²) in [5.41, 5.74) is 5.82. The third kappa shape index (κ3) is 4.80. The van der Waals surface area contributed by atoms with Crippen LogP contribution in [-0.4, -0.2) is 22.0 Å². The first kappa shape index (κ1) is 18.3. The van der Waals surface area contributed by atoms with E-state index < -0.39 is 5.91 Å². The molecule has 0 aliphatic carbocycles.